The lowest BCUT2D eigenvalue weighted by Gasteiger charge is -2.34. The average Bonchev–Trinajstić information content (AvgIpc) is 2.67. The molecule has 1 atom stereocenters. The number of rotatable bonds is 5. The Labute approximate surface area is 159 Å². The van der Waals surface area contributed by atoms with Gasteiger partial charge in [0.15, 0.2) is 17.3 Å². The number of Topliss-reactive ketones (excluding diaryl/α,β-unsaturated/α-hetero) is 1. The van der Waals surface area contributed by atoms with Gasteiger partial charge in [0.2, 0.25) is 0 Å². The fourth-order valence-corrected chi connectivity index (χ4v) is 3.84. The smallest absolute Gasteiger partial charge is 0.336 e. The number of esters is 1. The molecule has 0 fully saturated rings. The van der Waals surface area contributed by atoms with Gasteiger partial charge in [-0.3, -0.25) is 4.79 Å². The van der Waals surface area contributed by atoms with Gasteiger partial charge in [0.1, 0.15) is 0 Å². The van der Waals surface area contributed by atoms with Crippen LogP contribution in [-0.2, 0) is 14.3 Å². The van der Waals surface area contributed by atoms with Gasteiger partial charge in [-0.25, -0.2) is 4.79 Å². The Hall–Kier alpha value is -2.76. The fourth-order valence-electron chi connectivity index (χ4n) is 3.84. The molecule has 3 rings (SSSR count). The van der Waals surface area contributed by atoms with Crippen LogP contribution in [-0.4, -0.2) is 32.6 Å². The van der Waals surface area contributed by atoms with E-state index in [1.165, 1.54) is 7.11 Å². The minimum Gasteiger partial charge on any atom is -0.493 e. The van der Waals surface area contributed by atoms with Gasteiger partial charge in [0.05, 0.1) is 26.4 Å². The van der Waals surface area contributed by atoms with Crippen molar-refractivity contribution in [3.63, 3.8) is 0 Å². The Morgan fingerprint density at radius 3 is 2.67 bits per heavy atom. The lowest BCUT2D eigenvalue weighted by Crippen LogP contribution is -2.34. The molecule has 1 heterocycles. The van der Waals surface area contributed by atoms with E-state index >= 15 is 0 Å². The van der Waals surface area contributed by atoms with E-state index in [1.54, 1.807) is 7.11 Å². The molecule has 2 aliphatic rings. The Morgan fingerprint density at radius 1 is 1.22 bits per heavy atom. The zero-order chi connectivity index (χ0) is 19.6. The molecule has 144 valence electrons. The third-order valence-corrected chi connectivity index (χ3v) is 5.00. The molecule has 1 aliphatic carbocycles. The molecule has 0 aromatic heterocycles. The molecular weight excluding hydrogens is 346 g/mol. The molecular formula is C21H25NO5. The van der Waals surface area contributed by atoms with Crippen molar-refractivity contribution in [2.75, 3.05) is 20.8 Å². The summed E-state index contributed by atoms with van der Waals surface area (Å²) in [5, 5.41) is 3.26. The van der Waals surface area contributed by atoms with Crippen LogP contribution >= 0.6 is 0 Å². The van der Waals surface area contributed by atoms with Gasteiger partial charge in [-0.05, 0) is 44.4 Å². The lowest BCUT2D eigenvalue weighted by atomic mass is 9.75. The zero-order valence-electron chi connectivity index (χ0n) is 16.2. The van der Waals surface area contributed by atoms with Crippen molar-refractivity contribution in [1.29, 1.82) is 0 Å². The molecule has 0 radical (unpaired) electrons. The number of allylic oxidation sites excluding steroid dienone is 3. The highest BCUT2D eigenvalue weighted by atomic mass is 16.5. The van der Waals surface area contributed by atoms with Crippen LogP contribution in [0.1, 0.15) is 44.6 Å². The van der Waals surface area contributed by atoms with Crippen LogP contribution in [0.25, 0.3) is 0 Å². The molecule has 0 unspecified atom stereocenters. The molecule has 0 spiro atoms. The minimum atomic E-state index is -0.480. The van der Waals surface area contributed by atoms with Gasteiger partial charge in [-0.1, -0.05) is 6.07 Å². The van der Waals surface area contributed by atoms with Crippen LogP contribution in [0.15, 0.2) is 40.7 Å². The van der Waals surface area contributed by atoms with Crippen molar-refractivity contribution >= 4 is 11.8 Å². The summed E-state index contributed by atoms with van der Waals surface area (Å²) in [6.07, 6.45) is 2.08. The van der Waals surface area contributed by atoms with E-state index in [4.69, 9.17) is 14.2 Å². The summed E-state index contributed by atoms with van der Waals surface area (Å²) in [7, 11) is 2.92. The normalized spacial score (nSPS) is 19.4. The summed E-state index contributed by atoms with van der Waals surface area (Å²) in [6.45, 7) is 4.26. The van der Waals surface area contributed by atoms with Gasteiger partial charge >= 0.3 is 5.97 Å². The Bertz CT molecular complexity index is 837. The fraction of sp³-hybridized carbons (Fsp3) is 0.429. The topological polar surface area (TPSA) is 73.9 Å². The third kappa shape index (κ3) is 3.44. The summed E-state index contributed by atoms with van der Waals surface area (Å²) in [6, 6.07) is 5.54. The number of ether oxygens (including phenoxy) is 3. The number of ketones is 1. The van der Waals surface area contributed by atoms with E-state index in [2.05, 4.69) is 5.32 Å². The second-order valence-electron chi connectivity index (χ2n) is 6.60. The summed E-state index contributed by atoms with van der Waals surface area (Å²) in [5.74, 6) is 0.340. The number of benzene rings is 1. The Balaban J connectivity index is 2.17. The van der Waals surface area contributed by atoms with Crippen LogP contribution in [0.4, 0.5) is 0 Å². The van der Waals surface area contributed by atoms with Crippen LogP contribution in [0.5, 0.6) is 11.5 Å². The monoisotopic (exact) mass is 371 g/mol. The summed E-state index contributed by atoms with van der Waals surface area (Å²) in [4.78, 5) is 25.3. The molecule has 0 saturated carbocycles. The van der Waals surface area contributed by atoms with Crippen molar-refractivity contribution in [1.82, 2.24) is 5.32 Å². The summed E-state index contributed by atoms with van der Waals surface area (Å²) >= 11 is 0. The number of carbonyl (C=O) groups is 2. The molecule has 6 heteroatoms. The average molecular weight is 371 g/mol. The molecule has 6 nitrogen and oxygen atoms in total. The number of methoxy groups -OCH3 is 2. The standard InChI is InChI=1S/C21H25NO5/c1-5-27-16-10-9-13(11-17(16)25-3)19-18(21(24)26-4)12(2)22-14-7-6-8-15(23)20(14)19/h9-11,19,22H,5-8H2,1-4H3/t19-/m0/s1. The van der Waals surface area contributed by atoms with E-state index < -0.39 is 11.9 Å². The maximum atomic E-state index is 12.8. The molecule has 1 aromatic rings. The van der Waals surface area contributed by atoms with Gasteiger partial charge < -0.3 is 19.5 Å². The molecule has 0 amide bonds. The van der Waals surface area contributed by atoms with Crippen LogP contribution in [0.3, 0.4) is 0 Å². The number of hydrogen-bond acceptors (Lipinski definition) is 6. The highest BCUT2D eigenvalue weighted by Crippen LogP contribution is 2.44. The lowest BCUT2D eigenvalue weighted by molar-refractivity contribution is -0.136. The van der Waals surface area contributed by atoms with Crippen molar-refractivity contribution in [3.05, 3.63) is 46.3 Å². The van der Waals surface area contributed by atoms with Crippen LogP contribution < -0.4 is 14.8 Å². The first-order valence-corrected chi connectivity index (χ1v) is 9.14. The first-order valence-electron chi connectivity index (χ1n) is 9.14. The maximum absolute atomic E-state index is 12.8. The molecule has 27 heavy (non-hydrogen) atoms. The van der Waals surface area contributed by atoms with E-state index in [1.807, 2.05) is 32.0 Å². The zero-order valence-corrected chi connectivity index (χ0v) is 16.2. The third-order valence-electron chi connectivity index (χ3n) is 5.00. The predicted molar refractivity (Wildman–Crippen MR) is 101 cm³/mol. The summed E-state index contributed by atoms with van der Waals surface area (Å²) in [5.41, 5.74) is 3.53. The quantitative estimate of drug-likeness (QED) is 0.801. The number of nitrogens with one attached hydrogen (secondary N) is 1. The number of dihydropyridines is 1. The Kier molecular flexibility index (Phi) is 5.54. The highest BCUT2D eigenvalue weighted by Gasteiger charge is 2.39. The van der Waals surface area contributed by atoms with Crippen molar-refractivity contribution < 1.29 is 23.8 Å². The van der Waals surface area contributed by atoms with Gasteiger partial charge in [0.25, 0.3) is 0 Å². The van der Waals surface area contributed by atoms with E-state index in [9.17, 15) is 9.59 Å². The first-order chi connectivity index (χ1) is 13.0. The summed E-state index contributed by atoms with van der Waals surface area (Å²) < 4.78 is 16.1. The number of carbonyl (C=O) groups excluding carboxylic acids is 2. The van der Waals surface area contributed by atoms with Crippen LogP contribution in [0.2, 0.25) is 0 Å². The first kappa shape index (κ1) is 19.0. The molecule has 1 N–H and O–H groups in total. The second kappa shape index (κ2) is 7.86. The number of hydrogen-bond donors (Lipinski definition) is 1. The van der Waals surface area contributed by atoms with Gasteiger partial charge in [-0.2, -0.15) is 0 Å². The predicted octanol–water partition coefficient (Wildman–Crippen LogP) is 3.23. The van der Waals surface area contributed by atoms with Crippen molar-refractivity contribution in [3.8, 4) is 11.5 Å². The largest absolute Gasteiger partial charge is 0.493 e. The minimum absolute atomic E-state index is 0.0653. The highest BCUT2D eigenvalue weighted by molar-refractivity contribution is 6.03. The van der Waals surface area contributed by atoms with E-state index in [-0.39, 0.29) is 5.78 Å². The SMILES string of the molecule is CCOc1ccc([C@H]2C(C(=O)OC)=C(C)NC3=C2C(=O)CCC3)cc1OC. The van der Waals surface area contributed by atoms with Crippen LogP contribution in [0, 0.1) is 0 Å². The second-order valence-corrected chi connectivity index (χ2v) is 6.60. The van der Waals surface area contributed by atoms with E-state index in [0.29, 0.717) is 41.4 Å². The Morgan fingerprint density at radius 2 is 2.00 bits per heavy atom. The van der Waals surface area contributed by atoms with Crippen molar-refractivity contribution in [2.45, 2.75) is 39.0 Å². The molecule has 1 aliphatic heterocycles. The van der Waals surface area contributed by atoms with Crippen molar-refractivity contribution in [2.24, 2.45) is 0 Å². The van der Waals surface area contributed by atoms with E-state index in [0.717, 1.165) is 24.1 Å². The maximum Gasteiger partial charge on any atom is 0.336 e. The molecule has 0 saturated heterocycles. The molecule has 1 aromatic carbocycles. The molecule has 0 bridgehead atoms. The van der Waals surface area contributed by atoms with Gasteiger partial charge in [-0.15, -0.1) is 0 Å². The van der Waals surface area contributed by atoms with Gasteiger partial charge in [0, 0.05) is 29.3 Å².